The van der Waals surface area contributed by atoms with E-state index >= 15 is 0 Å². The van der Waals surface area contributed by atoms with E-state index < -0.39 is 0 Å². The van der Waals surface area contributed by atoms with Crippen molar-refractivity contribution in [3.05, 3.63) is 65.6 Å². The largest absolute Gasteiger partial charge is 0.487 e. The van der Waals surface area contributed by atoms with Gasteiger partial charge < -0.3 is 15.0 Å². The van der Waals surface area contributed by atoms with Gasteiger partial charge in [-0.25, -0.2) is 4.39 Å². The van der Waals surface area contributed by atoms with Gasteiger partial charge in [0.25, 0.3) is 0 Å². The summed E-state index contributed by atoms with van der Waals surface area (Å²) in [5.41, 5.74) is 9.23. The van der Waals surface area contributed by atoms with Crippen molar-refractivity contribution in [1.29, 1.82) is 0 Å². The number of benzene rings is 2. The molecular weight excluding hydrogens is 291 g/mol. The topological polar surface area (TPSA) is 40.2 Å². The third kappa shape index (κ3) is 3.08. The Morgan fingerprint density at radius 2 is 1.87 bits per heavy atom. The summed E-state index contributed by atoms with van der Waals surface area (Å²) in [6.07, 6.45) is 0. The first-order valence-electron chi connectivity index (χ1n) is 7.80. The molecule has 0 spiro atoms. The van der Waals surface area contributed by atoms with E-state index in [-0.39, 0.29) is 5.82 Å². The van der Waals surface area contributed by atoms with E-state index in [1.165, 1.54) is 23.0 Å². The summed E-state index contributed by atoms with van der Waals surface area (Å²) in [6.45, 7) is 5.24. The maximum atomic E-state index is 13.0. The highest BCUT2D eigenvalue weighted by Gasteiger charge is 2.14. The standard InChI is InChI=1S/C19H21FN2O/c1-13(2)22-16(12-23-17-8-6-15(20)7-9-17)10-18-14(11-21)4-3-5-19(18)22/h3-10,13H,11-12,21H2,1-2H3. The molecule has 3 nitrogen and oxygen atoms in total. The smallest absolute Gasteiger partial charge is 0.128 e. The molecule has 0 saturated heterocycles. The zero-order valence-electron chi connectivity index (χ0n) is 13.4. The van der Waals surface area contributed by atoms with Crippen molar-refractivity contribution >= 4 is 10.9 Å². The molecule has 0 aliphatic carbocycles. The summed E-state index contributed by atoms with van der Waals surface area (Å²) in [6, 6.07) is 14.7. The van der Waals surface area contributed by atoms with Crippen LogP contribution in [-0.4, -0.2) is 4.57 Å². The van der Waals surface area contributed by atoms with Crippen LogP contribution in [0.25, 0.3) is 10.9 Å². The van der Waals surface area contributed by atoms with Crippen LogP contribution in [0.1, 0.15) is 31.1 Å². The van der Waals surface area contributed by atoms with Crippen molar-refractivity contribution in [3.8, 4) is 5.75 Å². The van der Waals surface area contributed by atoms with Gasteiger partial charge in [-0.15, -0.1) is 0 Å². The Kier molecular flexibility index (Phi) is 4.35. The number of rotatable bonds is 5. The summed E-state index contributed by atoms with van der Waals surface area (Å²) < 4.78 is 21.1. The number of halogens is 1. The second kappa shape index (κ2) is 6.42. The van der Waals surface area contributed by atoms with Crippen molar-refractivity contribution in [2.24, 2.45) is 5.73 Å². The van der Waals surface area contributed by atoms with E-state index in [0.29, 0.717) is 24.9 Å². The van der Waals surface area contributed by atoms with Crippen LogP contribution in [0.3, 0.4) is 0 Å². The predicted molar refractivity (Wildman–Crippen MR) is 90.9 cm³/mol. The van der Waals surface area contributed by atoms with Crippen molar-refractivity contribution in [2.45, 2.75) is 33.0 Å². The lowest BCUT2D eigenvalue weighted by Gasteiger charge is -2.15. The maximum absolute atomic E-state index is 13.0. The van der Waals surface area contributed by atoms with E-state index in [1.54, 1.807) is 12.1 Å². The first kappa shape index (κ1) is 15.6. The Balaban J connectivity index is 1.96. The Morgan fingerprint density at radius 1 is 1.13 bits per heavy atom. The molecule has 0 aliphatic heterocycles. The van der Waals surface area contributed by atoms with Crippen molar-refractivity contribution < 1.29 is 9.13 Å². The monoisotopic (exact) mass is 312 g/mol. The van der Waals surface area contributed by atoms with Gasteiger partial charge in [0.2, 0.25) is 0 Å². The van der Waals surface area contributed by atoms with E-state index in [9.17, 15) is 4.39 Å². The third-order valence-corrected chi connectivity index (χ3v) is 3.99. The van der Waals surface area contributed by atoms with Crippen LogP contribution in [0, 0.1) is 5.82 Å². The normalized spacial score (nSPS) is 11.3. The van der Waals surface area contributed by atoms with Gasteiger partial charge in [-0.2, -0.15) is 0 Å². The number of ether oxygens (including phenoxy) is 1. The number of nitrogens with zero attached hydrogens (tertiary/aromatic N) is 1. The fraction of sp³-hybridized carbons (Fsp3) is 0.263. The van der Waals surface area contributed by atoms with Crippen LogP contribution >= 0.6 is 0 Å². The third-order valence-electron chi connectivity index (χ3n) is 3.99. The molecule has 1 aromatic heterocycles. The molecule has 3 aromatic rings. The Morgan fingerprint density at radius 3 is 2.52 bits per heavy atom. The minimum absolute atomic E-state index is 0.263. The molecule has 2 N–H and O–H groups in total. The zero-order chi connectivity index (χ0) is 16.4. The first-order valence-corrected chi connectivity index (χ1v) is 7.80. The SMILES string of the molecule is CC(C)n1c(COc2ccc(F)cc2)cc2c(CN)cccc21. The van der Waals surface area contributed by atoms with Gasteiger partial charge in [0, 0.05) is 23.5 Å². The molecule has 120 valence electrons. The molecule has 1 heterocycles. The van der Waals surface area contributed by atoms with Gasteiger partial charge in [-0.05, 0) is 55.8 Å². The molecule has 2 aromatic carbocycles. The van der Waals surface area contributed by atoms with E-state index in [0.717, 1.165) is 11.3 Å². The molecule has 0 saturated carbocycles. The van der Waals surface area contributed by atoms with Gasteiger partial charge >= 0.3 is 0 Å². The molecule has 0 bridgehead atoms. The average Bonchev–Trinajstić information content (AvgIpc) is 2.92. The Bertz CT molecular complexity index is 806. The molecular formula is C19H21FN2O. The van der Waals surface area contributed by atoms with Gasteiger partial charge in [0.05, 0.1) is 5.69 Å². The first-order chi connectivity index (χ1) is 11.1. The van der Waals surface area contributed by atoms with Gasteiger partial charge in [-0.1, -0.05) is 12.1 Å². The molecule has 0 radical (unpaired) electrons. The van der Waals surface area contributed by atoms with Crippen LogP contribution in [0.4, 0.5) is 4.39 Å². The Hall–Kier alpha value is -2.33. The second-order valence-corrected chi connectivity index (χ2v) is 5.90. The number of hydrogen-bond donors (Lipinski definition) is 1. The molecule has 0 amide bonds. The molecule has 23 heavy (non-hydrogen) atoms. The van der Waals surface area contributed by atoms with Crippen LogP contribution in [0.5, 0.6) is 5.75 Å². The number of fused-ring (bicyclic) bond motifs is 1. The molecule has 0 atom stereocenters. The maximum Gasteiger partial charge on any atom is 0.128 e. The van der Waals surface area contributed by atoms with E-state index in [4.69, 9.17) is 10.5 Å². The summed E-state index contributed by atoms with van der Waals surface area (Å²) in [7, 11) is 0. The van der Waals surface area contributed by atoms with E-state index in [2.05, 4.69) is 36.6 Å². The van der Waals surface area contributed by atoms with Crippen LogP contribution in [0.15, 0.2) is 48.5 Å². The lowest BCUT2D eigenvalue weighted by atomic mass is 10.1. The van der Waals surface area contributed by atoms with Gasteiger partial charge in [0.1, 0.15) is 18.2 Å². The van der Waals surface area contributed by atoms with Crippen molar-refractivity contribution in [3.63, 3.8) is 0 Å². The number of aromatic nitrogens is 1. The lowest BCUT2D eigenvalue weighted by molar-refractivity contribution is 0.292. The Labute approximate surface area is 135 Å². The predicted octanol–water partition coefficient (Wildman–Crippen LogP) is 4.40. The molecule has 0 fully saturated rings. The lowest BCUT2D eigenvalue weighted by Crippen LogP contribution is -2.08. The summed E-state index contributed by atoms with van der Waals surface area (Å²) >= 11 is 0. The van der Waals surface area contributed by atoms with Crippen LogP contribution in [0.2, 0.25) is 0 Å². The van der Waals surface area contributed by atoms with E-state index in [1.807, 2.05) is 6.07 Å². The number of nitrogens with two attached hydrogens (primary N) is 1. The van der Waals surface area contributed by atoms with Crippen molar-refractivity contribution in [2.75, 3.05) is 0 Å². The fourth-order valence-corrected chi connectivity index (χ4v) is 2.95. The highest BCUT2D eigenvalue weighted by molar-refractivity contribution is 5.85. The quantitative estimate of drug-likeness (QED) is 0.758. The number of hydrogen-bond acceptors (Lipinski definition) is 2. The highest BCUT2D eigenvalue weighted by Crippen LogP contribution is 2.27. The zero-order valence-corrected chi connectivity index (χ0v) is 13.4. The average molecular weight is 312 g/mol. The van der Waals surface area contributed by atoms with Crippen LogP contribution in [-0.2, 0) is 13.2 Å². The highest BCUT2D eigenvalue weighted by atomic mass is 19.1. The summed E-state index contributed by atoms with van der Waals surface area (Å²) in [5.74, 6) is 0.396. The van der Waals surface area contributed by atoms with Crippen molar-refractivity contribution in [1.82, 2.24) is 4.57 Å². The summed E-state index contributed by atoms with van der Waals surface area (Å²) in [4.78, 5) is 0. The molecule has 0 unspecified atom stereocenters. The minimum Gasteiger partial charge on any atom is -0.487 e. The molecule has 4 heteroatoms. The molecule has 3 rings (SSSR count). The van der Waals surface area contributed by atoms with Crippen LogP contribution < -0.4 is 10.5 Å². The van der Waals surface area contributed by atoms with Gasteiger partial charge in [0.15, 0.2) is 0 Å². The summed E-state index contributed by atoms with van der Waals surface area (Å²) in [5, 5.41) is 1.17. The fourth-order valence-electron chi connectivity index (χ4n) is 2.95. The minimum atomic E-state index is -0.263. The second-order valence-electron chi connectivity index (χ2n) is 5.90. The van der Waals surface area contributed by atoms with Gasteiger partial charge in [-0.3, -0.25) is 0 Å². The molecule has 0 aliphatic rings.